The standard InChI is InChI=1S/C23H26N6O3S/c1-4-16-17(12-24)22(29(3)14-19(31)28(2)10-11-30)27-23(18(16)13-25)33-20(21(26)32)15-8-6-5-7-9-15/h5-9,20,30H,4,10-11,14H2,1-3H3,(H2,26,32). The van der Waals surface area contributed by atoms with Crippen LogP contribution < -0.4 is 10.6 Å². The van der Waals surface area contributed by atoms with Crippen molar-refractivity contribution in [3.63, 3.8) is 0 Å². The predicted octanol–water partition coefficient (Wildman–Crippen LogP) is 1.59. The molecule has 2 aromatic rings. The van der Waals surface area contributed by atoms with E-state index in [2.05, 4.69) is 17.1 Å². The molecule has 0 radical (unpaired) electrons. The minimum atomic E-state index is -0.793. The maximum absolute atomic E-state index is 12.5. The molecule has 2 rings (SSSR count). The Morgan fingerprint density at radius 1 is 1.18 bits per heavy atom. The summed E-state index contributed by atoms with van der Waals surface area (Å²) >= 11 is 1.04. The molecular formula is C23H26N6O3S. The summed E-state index contributed by atoms with van der Waals surface area (Å²) in [4.78, 5) is 32.2. The van der Waals surface area contributed by atoms with E-state index >= 15 is 0 Å². The monoisotopic (exact) mass is 466 g/mol. The van der Waals surface area contributed by atoms with Crippen molar-refractivity contribution in [3.05, 3.63) is 52.6 Å². The molecule has 2 amide bonds. The second-order valence-electron chi connectivity index (χ2n) is 7.25. The van der Waals surface area contributed by atoms with Crippen molar-refractivity contribution >= 4 is 29.4 Å². The molecule has 33 heavy (non-hydrogen) atoms. The van der Waals surface area contributed by atoms with Gasteiger partial charge in [-0.25, -0.2) is 4.98 Å². The van der Waals surface area contributed by atoms with Crippen molar-refractivity contribution < 1.29 is 14.7 Å². The fourth-order valence-electron chi connectivity index (χ4n) is 3.25. The van der Waals surface area contributed by atoms with Crippen LogP contribution in [-0.4, -0.2) is 60.6 Å². The van der Waals surface area contributed by atoms with Crippen LogP contribution in [0.3, 0.4) is 0 Å². The van der Waals surface area contributed by atoms with E-state index in [0.29, 0.717) is 17.5 Å². The molecule has 1 aromatic carbocycles. The number of nitriles is 2. The largest absolute Gasteiger partial charge is 0.395 e. The van der Waals surface area contributed by atoms with Gasteiger partial charge in [0.15, 0.2) is 0 Å². The Bertz CT molecular complexity index is 1090. The van der Waals surface area contributed by atoms with Crippen molar-refractivity contribution in [3.8, 4) is 12.1 Å². The fraction of sp³-hybridized carbons (Fsp3) is 0.348. The van der Waals surface area contributed by atoms with Gasteiger partial charge in [0.2, 0.25) is 11.8 Å². The minimum Gasteiger partial charge on any atom is -0.395 e. The van der Waals surface area contributed by atoms with Crippen molar-refractivity contribution in [1.29, 1.82) is 10.5 Å². The van der Waals surface area contributed by atoms with Crippen LogP contribution in [0.15, 0.2) is 35.4 Å². The maximum atomic E-state index is 12.5. The minimum absolute atomic E-state index is 0.0880. The highest BCUT2D eigenvalue weighted by atomic mass is 32.2. The van der Waals surface area contributed by atoms with Crippen LogP contribution in [0.1, 0.15) is 34.4 Å². The van der Waals surface area contributed by atoms with Crippen molar-refractivity contribution in [1.82, 2.24) is 9.88 Å². The van der Waals surface area contributed by atoms with Crippen LogP contribution in [0, 0.1) is 22.7 Å². The zero-order chi connectivity index (χ0) is 24.5. The number of aromatic nitrogens is 1. The summed E-state index contributed by atoms with van der Waals surface area (Å²) in [6, 6.07) is 13.2. The number of anilines is 1. The van der Waals surface area contributed by atoms with Crippen LogP contribution in [0.2, 0.25) is 0 Å². The first-order valence-electron chi connectivity index (χ1n) is 10.2. The third-order valence-electron chi connectivity index (χ3n) is 5.01. The zero-order valence-corrected chi connectivity index (χ0v) is 19.6. The van der Waals surface area contributed by atoms with Gasteiger partial charge in [0.1, 0.15) is 28.2 Å². The Morgan fingerprint density at radius 3 is 2.33 bits per heavy atom. The zero-order valence-electron chi connectivity index (χ0n) is 18.8. The number of thioether (sulfide) groups is 1. The van der Waals surface area contributed by atoms with E-state index in [0.717, 1.165) is 11.8 Å². The van der Waals surface area contributed by atoms with Gasteiger partial charge in [-0.05, 0) is 17.5 Å². The number of nitrogens with zero attached hydrogens (tertiary/aromatic N) is 5. The van der Waals surface area contributed by atoms with Gasteiger partial charge in [-0.2, -0.15) is 10.5 Å². The van der Waals surface area contributed by atoms with Gasteiger partial charge in [-0.3, -0.25) is 9.59 Å². The summed E-state index contributed by atoms with van der Waals surface area (Å²) in [7, 11) is 3.19. The second kappa shape index (κ2) is 11.9. The van der Waals surface area contributed by atoms with Crippen molar-refractivity contribution in [2.45, 2.75) is 23.6 Å². The number of benzene rings is 1. The van der Waals surface area contributed by atoms with Gasteiger partial charge in [0.05, 0.1) is 24.3 Å². The van der Waals surface area contributed by atoms with Gasteiger partial charge >= 0.3 is 0 Å². The van der Waals surface area contributed by atoms with Gasteiger partial charge in [-0.15, -0.1) is 0 Å². The lowest BCUT2D eigenvalue weighted by Gasteiger charge is -2.25. The summed E-state index contributed by atoms with van der Waals surface area (Å²) in [5, 5.41) is 28.2. The molecule has 0 spiro atoms. The van der Waals surface area contributed by atoms with Gasteiger partial charge in [0.25, 0.3) is 0 Å². The number of likely N-dealkylation sites (N-methyl/N-ethyl adjacent to an activating group) is 2. The Kier molecular flexibility index (Phi) is 9.22. The first-order valence-corrected chi connectivity index (χ1v) is 11.1. The fourth-order valence-corrected chi connectivity index (χ4v) is 4.31. The molecule has 1 atom stereocenters. The second-order valence-corrected chi connectivity index (χ2v) is 8.35. The smallest absolute Gasteiger partial charge is 0.241 e. The Labute approximate surface area is 197 Å². The van der Waals surface area contributed by atoms with Gasteiger partial charge < -0.3 is 20.6 Å². The Hall–Kier alpha value is -3.60. The average molecular weight is 467 g/mol. The summed E-state index contributed by atoms with van der Waals surface area (Å²) in [6.45, 7) is 1.74. The molecule has 1 heterocycles. The van der Waals surface area contributed by atoms with E-state index in [-0.39, 0.29) is 47.6 Å². The number of aliphatic hydroxyl groups is 1. The number of hydrogen-bond acceptors (Lipinski definition) is 8. The molecule has 0 saturated heterocycles. The number of pyridine rings is 1. The highest BCUT2D eigenvalue weighted by molar-refractivity contribution is 8.00. The highest BCUT2D eigenvalue weighted by Crippen LogP contribution is 2.39. The molecule has 1 aromatic heterocycles. The number of amides is 2. The van der Waals surface area contributed by atoms with E-state index in [1.807, 2.05) is 13.0 Å². The summed E-state index contributed by atoms with van der Waals surface area (Å²) < 4.78 is 0. The van der Waals surface area contributed by atoms with Gasteiger partial charge in [0, 0.05) is 20.6 Å². The average Bonchev–Trinajstić information content (AvgIpc) is 2.81. The SMILES string of the molecule is CCc1c(C#N)c(SC(C(N)=O)c2ccccc2)nc(N(C)CC(=O)N(C)CCO)c1C#N. The lowest BCUT2D eigenvalue weighted by molar-refractivity contribution is -0.128. The quantitative estimate of drug-likeness (QED) is 0.502. The molecular weight excluding hydrogens is 440 g/mol. The highest BCUT2D eigenvalue weighted by Gasteiger charge is 2.27. The van der Waals surface area contributed by atoms with E-state index in [4.69, 9.17) is 10.8 Å². The van der Waals surface area contributed by atoms with E-state index in [9.17, 15) is 20.1 Å². The van der Waals surface area contributed by atoms with Crippen LogP contribution in [0.4, 0.5) is 5.82 Å². The van der Waals surface area contributed by atoms with E-state index < -0.39 is 11.2 Å². The molecule has 0 saturated carbocycles. The van der Waals surface area contributed by atoms with Crippen LogP contribution in [-0.2, 0) is 16.0 Å². The van der Waals surface area contributed by atoms with Gasteiger partial charge in [-0.1, -0.05) is 49.0 Å². The van der Waals surface area contributed by atoms with Crippen molar-refractivity contribution in [2.75, 3.05) is 38.7 Å². The Morgan fingerprint density at radius 2 is 1.82 bits per heavy atom. The number of hydrogen-bond donors (Lipinski definition) is 2. The molecule has 10 heteroatoms. The van der Waals surface area contributed by atoms with Crippen LogP contribution in [0.5, 0.6) is 0 Å². The molecule has 0 aliphatic rings. The topological polar surface area (TPSA) is 147 Å². The first-order chi connectivity index (χ1) is 15.8. The summed E-state index contributed by atoms with van der Waals surface area (Å²) in [5.41, 5.74) is 7.23. The molecule has 0 aliphatic carbocycles. The third-order valence-corrected chi connectivity index (χ3v) is 6.27. The molecule has 0 aliphatic heterocycles. The molecule has 172 valence electrons. The number of nitrogens with two attached hydrogens (primary N) is 1. The van der Waals surface area contributed by atoms with E-state index in [1.54, 1.807) is 38.4 Å². The normalized spacial score (nSPS) is 11.2. The summed E-state index contributed by atoms with van der Waals surface area (Å²) in [5.74, 6) is -0.624. The number of carbonyl (C=O) groups excluding carboxylic acids is 2. The Balaban J connectivity index is 2.57. The number of rotatable bonds is 10. The molecule has 0 bridgehead atoms. The lowest BCUT2D eigenvalue weighted by Crippen LogP contribution is -2.38. The molecule has 9 nitrogen and oxygen atoms in total. The van der Waals surface area contributed by atoms with Crippen LogP contribution >= 0.6 is 11.8 Å². The third kappa shape index (κ3) is 6.01. The molecule has 1 unspecified atom stereocenters. The molecule has 0 fully saturated rings. The van der Waals surface area contributed by atoms with E-state index in [1.165, 1.54) is 9.80 Å². The first kappa shape index (κ1) is 25.7. The maximum Gasteiger partial charge on any atom is 0.241 e. The lowest BCUT2D eigenvalue weighted by atomic mass is 10.0. The molecule has 3 N–H and O–H groups in total. The van der Waals surface area contributed by atoms with Crippen molar-refractivity contribution in [2.24, 2.45) is 5.73 Å². The number of primary amides is 1. The van der Waals surface area contributed by atoms with Crippen LogP contribution in [0.25, 0.3) is 0 Å². The predicted molar refractivity (Wildman–Crippen MR) is 125 cm³/mol. The number of carbonyl (C=O) groups is 2. The number of aliphatic hydroxyl groups excluding tert-OH is 1. The summed E-state index contributed by atoms with van der Waals surface area (Å²) in [6.07, 6.45) is 0.383.